The molecule has 0 aliphatic carbocycles. The Balaban J connectivity index is 1.59. The molecule has 3 amide bonds. The fourth-order valence-electron chi connectivity index (χ4n) is 4.13. The van der Waals surface area contributed by atoms with Crippen LogP contribution >= 0.6 is 0 Å². The van der Waals surface area contributed by atoms with Crippen LogP contribution in [0.25, 0.3) is 10.8 Å². The lowest BCUT2D eigenvalue weighted by Crippen LogP contribution is -2.51. The molecule has 3 aromatic carbocycles. The molecule has 33 heavy (non-hydrogen) atoms. The highest BCUT2D eigenvalue weighted by molar-refractivity contribution is 5.99. The smallest absolute Gasteiger partial charge is 0.339 e. The first-order valence-corrected chi connectivity index (χ1v) is 11.3. The van der Waals surface area contributed by atoms with Crippen molar-refractivity contribution >= 4 is 28.5 Å². The van der Waals surface area contributed by atoms with Crippen LogP contribution in [0.4, 0.5) is 4.79 Å². The molecular formula is C26H29N5O2. The number of fused-ring (bicyclic) bond motifs is 1. The molecule has 3 aromatic rings. The molecule has 0 saturated carbocycles. The van der Waals surface area contributed by atoms with Gasteiger partial charge in [0.2, 0.25) is 0 Å². The lowest BCUT2D eigenvalue weighted by Gasteiger charge is -2.30. The molecule has 0 radical (unpaired) electrons. The van der Waals surface area contributed by atoms with Crippen LogP contribution in [0.1, 0.15) is 47.2 Å². The van der Waals surface area contributed by atoms with E-state index in [1.165, 1.54) is 5.01 Å². The van der Waals surface area contributed by atoms with Crippen molar-refractivity contribution in [2.24, 2.45) is 5.73 Å². The van der Waals surface area contributed by atoms with E-state index in [1.807, 2.05) is 47.4 Å². The van der Waals surface area contributed by atoms with Gasteiger partial charge in [-0.2, -0.15) is 0 Å². The number of amides is 3. The first-order chi connectivity index (χ1) is 16.0. The number of nitrogens with zero attached hydrogens (tertiary/aromatic N) is 2. The third kappa shape index (κ3) is 5.49. The predicted octanol–water partition coefficient (Wildman–Crippen LogP) is 4.27. The minimum Gasteiger partial charge on any atom is -0.384 e. The number of nitrogens with two attached hydrogens (primary N) is 1. The van der Waals surface area contributed by atoms with Crippen LogP contribution in [0.2, 0.25) is 0 Å². The Morgan fingerprint density at radius 1 is 0.879 bits per heavy atom. The molecule has 0 atom stereocenters. The lowest BCUT2D eigenvalue weighted by molar-refractivity contribution is 0.0768. The second kappa shape index (κ2) is 10.2. The minimum atomic E-state index is -0.341. The number of hydrogen-bond donors (Lipinski definition) is 3. The van der Waals surface area contributed by atoms with Crippen molar-refractivity contribution in [1.29, 1.82) is 5.41 Å². The number of nitrogen functional groups attached to an aromatic ring is 1. The maximum absolute atomic E-state index is 13.4. The third-order valence-corrected chi connectivity index (χ3v) is 5.93. The number of carbonyl (C=O) groups is 2. The van der Waals surface area contributed by atoms with E-state index in [0.717, 1.165) is 42.0 Å². The van der Waals surface area contributed by atoms with Crippen molar-refractivity contribution in [3.8, 4) is 0 Å². The molecule has 4 rings (SSSR count). The number of nitrogens with one attached hydrogen (secondary N) is 2. The molecule has 0 unspecified atom stereocenters. The van der Waals surface area contributed by atoms with Gasteiger partial charge in [0.25, 0.3) is 5.91 Å². The fraction of sp³-hybridized carbons (Fsp3) is 0.269. The highest BCUT2D eigenvalue weighted by Crippen LogP contribution is 2.17. The van der Waals surface area contributed by atoms with Crippen molar-refractivity contribution in [3.63, 3.8) is 0 Å². The van der Waals surface area contributed by atoms with Gasteiger partial charge in [0.1, 0.15) is 5.84 Å². The topological polar surface area (TPSA) is 103 Å². The zero-order chi connectivity index (χ0) is 23.2. The van der Waals surface area contributed by atoms with Gasteiger partial charge in [-0.25, -0.2) is 9.80 Å². The first kappa shape index (κ1) is 22.3. The van der Waals surface area contributed by atoms with Crippen LogP contribution in [0, 0.1) is 5.41 Å². The second-order valence-corrected chi connectivity index (χ2v) is 8.39. The number of hydrogen-bond acceptors (Lipinski definition) is 3. The lowest BCUT2D eigenvalue weighted by atomic mass is 10.1. The van der Waals surface area contributed by atoms with Gasteiger partial charge in [-0.1, -0.05) is 61.4 Å². The Kier molecular flexibility index (Phi) is 6.88. The minimum absolute atomic E-state index is 0.0394. The summed E-state index contributed by atoms with van der Waals surface area (Å²) in [5, 5.41) is 11.1. The first-order valence-electron chi connectivity index (χ1n) is 11.3. The Morgan fingerprint density at radius 2 is 1.61 bits per heavy atom. The molecule has 170 valence electrons. The van der Waals surface area contributed by atoms with Crippen molar-refractivity contribution in [1.82, 2.24) is 15.3 Å². The number of benzene rings is 3. The maximum atomic E-state index is 13.4. The summed E-state index contributed by atoms with van der Waals surface area (Å²) < 4.78 is 0. The normalized spacial score (nSPS) is 13.9. The number of rotatable bonds is 4. The van der Waals surface area contributed by atoms with Crippen molar-refractivity contribution in [3.05, 3.63) is 83.4 Å². The number of amidine groups is 1. The van der Waals surface area contributed by atoms with E-state index >= 15 is 0 Å². The van der Waals surface area contributed by atoms with Crippen LogP contribution in [0.5, 0.6) is 0 Å². The molecular weight excluding hydrogens is 414 g/mol. The number of hydrazine groups is 1. The summed E-state index contributed by atoms with van der Waals surface area (Å²) in [4.78, 5) is 28.4. The van der Waals surface area contributed by atoms with Crippen LogP contribution in [-0.4, -0.2) is 40.8 Å². The molecule has 1 saturated heterocycles. The number of carbonyl (C=O) groups excluding carboxylic acids is 2. The highest BCUT2D eigenvalue weighted by Gasteiger charge is 2.24. The number of urea groups is 1. The predicted molar refractivity (Wildman–Crippen MR) is 130 cm³/mol. The van der Waals surface area contributed by atoms with Crippen LogP contribution in [0.15, 0.2) is 66.7 Å². The van der Waals surface area contributed by atoms with Crippen LogP contribution in [0.3, 0.4) is 0 Å². The van der Waals surface area contributed by atoms with E-state index in [2.05, 4.69) is 5.43 Å². The second-order valence-electron chi connectivity index (χ2n) is 8.39. The van der Waals surface area contributed by atoms with Crippen LogP contribution < -0.4 is 11.2 Å². The third-order valence-electron chi connectivity index (χ3n) is 5.93. The SMILES string of the molecule is N=C(N)c1cccc(CN(NC(=O)c2ccc3ccccc3c2)C(=O)N2CCCCCC2)c1. The molecule has 0 spiro atoms. The Hall–Kier alpha value is -3.87. The van der Waals surface area contributed by atoms with Crippen molar-refractivity contribution in [2.75, 3.05) is 13.1 Å². The molecule has 0 bridgehead atoms. The monoisotopic (exact) mass is 443 g/mol. The van der Waals surface area contributed by atoms with E-state index in [0.29, 0.717) is 24.2 Å². The Morgan fingerprint density at radius 3 is 2.33 bits per heavy atom. The van der Waals surface area contributed by atoms with Gasteiger partial charge >= 0.3 is 6.03 Å². The molecule has 1 aliphatic heterocycles. The average molecular weight is 444 g/mol. The molecule has 4 N–H and O–H groups in total. The zero-order valence-corrected chi connectivity index (χ0v) is 18.6. The molecule has 7 heteroatoms. The standard InChI is InChI=1S/C26H29N5O2/c27-24(28)22-11-7-8-19(16-22)18-31(26(33)30-14-5-1-2-6-15-30)29-25(32)23-13-12-20-9-3-4-10-21(20)17-23/h3-4,7-13,16-17H,1-2,5-6,14-15,18H2,(H3,27,28)(H,29,32). The van der Waals surface area contributed by atoms with Gasteiger partial charge < -0.3 is 10.6 Å². The molecule has 0 aromatic heterocycles. The average Bonchev–Trinajstić information content (AvgIpc) is 3.12. The van der Waals surface area contributed by atoms with Crippen molar-refractivity contribution < 1.29 is 9.59 Å². The van der Waals surface area contributed by atoms with Gasteiger partial charge in [0.05, 0.1) is 6.54 Å². The molecule has 1 aliphatic rings. The van der Waals surface area contributed by atoms with Gasteiger partial charge in [-0.05, 0) is 47.4 Å². The Bertz CT molecular complexity index is 1170. The van der Waals surface area contributed by atoms with Gasteiger partial charge in [-0.3, -0.25) is 15.6 Å². The highest BCUT2D eigenvalue weighted by atomic mass is 16.2. The van der Waals surface area contributed by atoms with E-state index in [9.17, 15) is 9.59 Å². The summed E-state index contributed by atoms with van der Waals surface area (Å²) in [5.41, 5.74) is 10.3. The molecule has 1 heterocycles. The van der Waals surface area contributed by atoms with E-state index in [1.54, 1.807) is 24.3 Å². The van der Waals surface area contributed by atoms with Gasteiger partial charge in [-0.15, -0.1) is 0 Å². The van der Waals surface area contributed by atoms with E-state index in [4.69, 9.17) is 11.1 Å². The van der Waals surface area contributed by atoms with E-state index in [-0.39, 0.29) is 24.3 Å². The molecule has 1 fully saturated rings. The largest absolute Gasteiger partial charge is 0.384 e. The van der Waals surface area contributed by atoms with E-state index < -0.39 is 0 Å². The summed E-state index contributed by atoms with van der Waals surface area (Å²) in [6, 6.07) is 20.3. The summed E-state index contributed by atoms with van der Waals surface area (Å²) in [5.74, 6) is -0.380. The Labute approximate surface area is 193 Å². The van der Waals surface area contributed by atoms with Crippen molar-refractivity contribution in [2.45, 2.75) is 32.2 Å². The quantitative estimate of drug-likeness (QED) is 0.319. The summed E-state index contributed by atoms with van der Waals surface area (Å²) >= 11 is 0. The zero-order valence-electron chi connectivity index (χ0n) is 18.6. The summed E-state index contributed by atoms with van der Waals surface area (Å²) in [7, 11) is 0. The molecule has 7 nitrogen and oxygen atoms in total. The van der Waals surface area contributed by atoms with Crippen LogP contribution in [-0.2, 0) is 6.54 Å². The number of likely N-dealkylation sites (tertiary alicyclic amines) is 1. The summed E-state index contributed by atoms with van der Waals surface area (Å²) in [6.45, 7) is 1.53. The maximum Gasteiger partial charge on any atom is 0.339 e. The fourth-order valence-corrected chi connectivity index (χ4v) is 4.13. The van der Waals surface area contributed by atoms with Gasteiger partial charge in [0, 0.05) is 24.2 Å². The summed E-state index contributed by atoms with van der Waals surface area (Å²) in [6.07, 6.45) is 4.12. The van der Waals surface area contributed by atoms with Gasteiger partial charge in [0.15, 0.2) is 0 Å².